The zero-order chi connectivity index (χ0) is 28.0. The monoisotopic (exact) mass is 717 g/mol. The lowest BCUT2D eigenvalue weighted by atomic mass is 10.1. The van der Waals surface area contributed by atoms with Gasteiger partial charge in [0.1, 0.15) is 24.6 Å². The fraction of sp³-hybridized carbons (Fsp3) is 0.667. The third-order valence-electron chi connectivity index (χ3n) is 5.32. The second-order valence-electron chi connectivity index (χ2n) is 7.66. The molecule has 1 aliphatic heterocycles. The van der Waals surface area contributed by atoms with E-state index >= 15 is 0 Å². The van der Waals surface area contributed by atoms with Crippen LogP contribution >= 0.6 is 54.9 Å². The number of nitrogens with zero attached hydrogens (tertiary/aromatic N) is 5. The van der Waals surface area contributed by atoms with E-state index in [1.54, 1.807) is 0 Å². The molecule has 2 aromatic heterocycles. The third kappa shape index (κ3) is 6.20. The van der Waals surface area contributed by atoms with Crippen LogP contribution in [0.2, 0.25) is 0 Å². The van der Waals surface area contributed by atoms with Crippen LogP contribution in [-0.2, 0) is 27.3 Å². The van der Waals surface area contributed by atoms with Gasteiger partial charge < -0.3 is 39.4 Å². The summed E-state index contributed by atoms with van der Waals surface area (Å²) in [6.07, 6.45) is -3.33. The van der Waals surface area contributed by atoms with Gasteiger partial charge in [-0.25, -0.2) is 23.8 Å². The summed E-state index contributed by atoms with van der Waals surface area (Å²) in [7, 11) is -16.4. The van der Waals surface area contributed by atoms with Crippen molar-refractivity contribution in [3.05, 3.63) is 12.7 Å². The van der Waals surface area contributed by atoms with Crippen LogP contribution < -0.4 is 4.90 Å². The van der Waals surface area contributed by atoms with E-state index < -0.39 is 56.9 Å². The third-order valence-corrected chi connectivity index (χ3v) is 15.9. The molecule has 0 amide bonds. The van der Waals surface area contributed by atoms with Crippen molar-refractivity contribution < 1.29 is 57.1 Å². The molecule has 6 atom stereocenters. The van der Waals surface area contributed by atoms with Crippen LogP contribution in [0.15, 0.2) is 12.7 Å². The molecule has 0 saturated carbocycles. The predicted octanol–water partition coefficient (Wildman–Crippen LogP) is 1.19. The van der Waals surface area contributed by atoms with E-state index in [-0.39, 0.29) is 5.65 Å². The molecule has 3 heterocycles. The predicted molar refractivity (Wildman–Crippen MR) is 134 cm³/mol. The van der Waals surface area contributed by atoms with Crippen molar-refractivity contribution in [2.75, 3.05) is 24.6 Å². The Labute approximate surface area is 226 Å². The lowest BCUT2D eigenvalue weighted by Crippen LogP contribution is -2.33. The Hall–Kier alpha value is -0.360. The van der Waals surface area contributed by atoms with Crippen molar-refractivity contribution in [1.82, 2.24) is 19.5 Å². The molecule has 1 saturated heterocycles. The van der Waals surface area contributed by atoms with Crippen LogP contribution in [0.25, 0.3) is 11.2 Å². The molecule has 0 bridgehead atoms. The first-order valence-electron chi connectivity index (χ1n) is 10.4. The Morgan fingerprint density at radius 3 is 2.27 bits per heavy atom. The minimum absolute atomic E-state index is 0.274. The summed E-state index contributed by atoms with van der Waals surface area (Å²) in [6.45, 7) is 4.21. The van der Waals surface area contributed by atoms with Gasteiger partial charge in [-0.1, -0.05) is 0 Å². The molecule has 6 N–H and O–H groups in total. The summed E-state index contributed by atoms with van der Waals surface area (Å²) in [4.78, 5) is 52.8. The molecule has 37 heavy (non-hydrogen) atoms. The van der Waals surface area contributed by atoms with Crippen LogP contribution in [0, 0.1) is 0 Å². The fourth-order valence-corrected chi connectivity index (χ4v) is 8.27. The number of aliphatic hydroxyl groups is 2. The van der Waals surface area contributed by atoms with Gasteiger partial charge in [-0.15, -0.1) is 0 Å². The highest BCUT2D eigenvalue weighted by atomic mass is 79.9. The Balaban J connectivity index is 1.77. The highest BCUT2D eigenvalue weighted by molar-refractivity contribution is 9.29. The molecule has 1 fully saturated rings. The highest BCUT2D eigenvalue weighted by Crippen LogP contribution is 2.81. The van der Waals surface area contributed by atoms with E-state index in [0.29, 0.717) is 24.4 Å². The Morgan fingerprint density at radius 2 is 1.70 bits per heavy atom. The van der Waals surface area contributed by atoms with Gasteiger partial charge in [0.25, 0.3) is 2.72 Å². The number of ether oxygens (including phenoxy) is 1. The van der Waals surface area contributed by atoms with Crippen LogP contribution in [0.1, 0.15) is 20.1 Å². The first-order chi connectivity index (χ1) is 17.0. The summed E-state index contributed by atoms with van der Waals surface area (Å²) in [5.74, 6) is 0.540. The van der Waals surface area contributed by atoms with Crippen molar-refractivity contribution >= 4 is 71.9 Å². The molecule has 0 spiro atoms. The molecule has 22 heteroatoms. The second kappa shape index (κ2) is 11.3. The minimum Gasteiger partial charge on any atom is -0.387 e. The lowest BCUT2D eigenvalue weighted by molar-refractivity contribution is -0.0501. The number of phosphoric ester groups is 1. The fourth-order valence-electron chi connectivity index (χ4n) is 3.42. The number of halogens is 2. The molecule has 17 nitrogen and oxygen atoms in total. The standard InChI is InChI=1S/C15H24Br2N5O12P3/c1-3-21(4-2)12-9-13(19-6-18-12)22(7-20-9)14-11(24)10(23)8(33-14)5-32-37(30,31)34-36(28,29)15(16,17)35(25,26)27/h6-8,10-11,14,23-24H,3-5H2,1-2H3,(H,28,29)(H,30,31)(H2,25,26,27)/t8-,10?,11?,14-/m1/s1. The molecular weight excluding hydrogens is 695 g/mol. The van der Waals surface area contributed by atoms with Gasteiger partial charge in [-0.2, -0.15) is 0 Å². The molecule has 210 valence electrons. The number of alkyl halides is 2. The Morgan fingerprint density at radius 1 is 1.08 bits per heavy atom. The van der Waals surface area contributed by atoms with Crippen LogP contribution in [-0.4, -0.2) is 90.0 Å². The quantitative estimate of drug-likeness (QED) is 0.141. The molecule has 1 aliphatic rings. The molecule has 2 aromatic rings. The van der Waals surface area contributed by atoms with Crippen molar-refractivity contribution in [2.24, 2.45) is 0 Å². The van der Waals surface area contributed by atoms with E-state index in [4.69, 9.17) is 4.74 Å². The van der Waals surface area contributed by atoms with Crippen LogP contribution in [0.3, 0.4) is 0 Å². The average Bonchev–Trinajstić information content (AvgIpc) is 3.33. The molecule has 0 aromatic carbocycles. The molecule has 0 aliphatic carbocycles. The van der Waals surface area contributed by atoms with E-state index in [0.717, 1.165) is 0 Å². The summed E-state index contributed by atoms with van der Waals surface area (Å²) >= 11 is 4.58. The van der Waals surface area contributed by atoms with E-state index in [2.05, 4.69) is 55.6 Å². The normalized spacial score (nSPS) is 26.2. The zero-order valence-corrected chi connectivity index (χ0v) is 24.9. The summed E-state index contributed by atoms with van der Waals surface area (Å²) in [5.41, 5.74) is 0.678. The number of aromatic nitrogens is 4. The number of imidazole rings is 1. The number of hydrogen-bond donors (Lipinski definition) is 6. The van der Waals surface area contributed by atoms with Gasteiger partial charge in [-0.3, -0.25) is 18.2 Å². The molecular formula is C15H24Br2N5O12P3. The van der Waals surface area contributed by atoms with Crippen molar-refractivity contribution in [3.8, 4) is 0 Å². The minimum atomic E-state index is -5.58. The molecule has 4 unspecified atom stereocenters. The highest BCUT2D eigenvalue weighted by Gasteiger charge is 2.61. The maximum atomic E-state index is 12.2. The Kier molecular flexibility index (Phi) is 9.48. The van der Waals surface area contributed by atoms with Gasteiger partial charge >= 0.3 is 23.0 Å². The SMILES string of the molecule is CCN(CC)c1ncnc2c1ncn2[C@@H]1O[C@H](COP(=O)(O)OP(=O)(O)C(Br)(Br)P(=O)(O)O)C(O)C1O. The lowest BCUT2D eigenvalue weighted by Gasteiger charge is -2.27. The van der Waals surface area contributed by atoms with Gasteiger partial charge in [-0.05, 0) is 45.7 Å². The van der Waals surface area contributed by atoms with Crippen molar-refractivity contribution in [3.63, 3.8) is 0 Å². The summed E-state index contributed by atoms with van der Waals surface area (Å²) in [6, 6.07) is 0. The first-order valence-corrected chi connectivity index (χ1v) is 16.6. The van der Waals surface area contributed by atoms with Crippen LogP contribution in [0.4, 0.5) is 5.82 Å². The zero-order valence-electron chi connectivity index (χ0n) is 19.1. The number of phosphoric acid groups is 1. The van der Waals surface area contributed by atoms with Crippen molar-refractivity contribution in [2.45, 2.75) is 41.1 Å². The van der Waals surface area contributed by atoms with E-state index in [1.807, 2.05) is 18.7 Å². The maximum absolute atomic E-state index is 12.2. The van der Waals surface area contributed by atoms with Gasteiger partial charge in [0.05, 0.1) is 12.9 Å². The van der Waals surface area contributed by atoms with Crippen LogP contribution in [0.5, 0.6) is 0 Å². The van der Waals surface area contributed by atoms with Gasteiger partial charge in [0.15, 0.2) is 23.2 Å². The smallest absolute Gasteiger partial charge is 0.387 e. The number of anilines is 1. The Bertz CT molecular complexity index is 1270. The molecule has 3 rings (SSSR count). The van der Waals surface area contributed by atoms with E-state index in [9.17, 15) is 43.5 Å². The van der Waals surface area contributed by atoms with Gasteiger partial charge in [0.2, 0.25) is 0 Å². The second-order valence-corrected chi connectivity index (χ2v) is 19.2. The largest absolute Gasteiger partial charge is 0.479 e. The summed E-state index contributed by atoms with van der Waals surface area (Å²) < 4.78 is 48.5. The number of fused-ring (bicyclic) bond motifs is 1. The number of aliphatic hydroxyl groups excluding tert-OH is 2. The number of rotatable bonds is 11. The topological polar surface area (TPSA) is 247 Å². The van der Waals surface area contributed by atoms with Gasteiger partial charge in [0, 0.05) is 13.1 Å². The number of hydrogen-bond acceptors (Lipinski definition) is 12. The summed E-state index contributed by atoms with van der Waals surface area (Å²) in [5, 5.41) is 21.0. The first kappa shape index (κ1) is 31.2. The maximum Gasteiger partial charge on any atom is 0.479 e. The average molecular weight is 719 g/mol. The van der Waals surface area contributed by atoms with Crippen molar-refractivity contribution in [1.29, 1.82) is 0 Å². The van der Waals surface area contributed by atoms with E-state index in [1.165, 1.54) is 17.2 Å². The molecule has 0 radical (unpaired) electrons.